The van der Waals surface area contributed by atoms with E-state index in [0.717, 1.165) is 41.8 Å². The van der Waals surface area contributed by atoms with Gasteiger partial charge in [0, 0.05) is 35.6 Å². The number of aryl methyl sites for hydroxylation is 1. The number of hydrogen-bond donors (Lipinski definition) is 2. The van der Waals surface area contributed by atoms with Crippen molar-refractivity contribution in [3.05, 3.63) is 83.3 Å². The molecule has 2 N–H and O–H groups in total. The molecular formula is C24H21F3N6O2. The highest BCUT2D eigenvalue weighted by Crippen LogP contribution is 2.36. The molecule has 0 spiro atoms. The minimum atomic E-state index is -4.66. The Labute approximate surface area is 198 Å². The van der Waals surface area contributed by atoms with E-state index in [2.05, 4.69) is 35.2 Å². The summed E-state index contributed by atoms with van der Waals surface area (Å²) in [5.41, 5.74) is 3.25. The van der Waals surface area contributed by atoms with Crippen LogP contribution in [0.4, 0.5) is 18.9 Å². The zero-order chi connectivity index (χ0) is 25.0. The largest absolute Gasteiger partial charge is 0.481 e. The van der Waals surface area contributed by atoms with Crippen molar-refractivity contribution in [1.82, 2.24) is 25.1 Å². The first-order valence-corrected chi connectivity index (χ1v) is 10.5. The summed E-state index contributed by atoms with van der Waals surface area (Å²) < 4.78 is 44.1. The molecule has 0 aliphatic heterocycles. The zero-order valence-corrected chi connectivity index (χ0v) is 18.8. The molecule has 11 heteroatoms. The van der Waals surface area contributed by atoms with Crippen LogP contribution in [0, 0.1) is 6.92 Å². The van der Waals surface area contributed by atoms with Gasteiger partial charge in [-0.25, -0.2) is 15.0 Å². The number of pyridine rings is 1. The molecule has 8 nitrogen and oxygen atoms in total. The van der Waals surface area contributed by atoms with Gasteiger partial charge in [-0.15, -0.1) is 0 Å². The molecule has 0 fully saturated rings. The van der Waals surface area contributed by atoms with E-state index in [-0.39, 0.29) is 12.1 Å². The summed E-state index contributed by atoms with van der Waals surface area (Å²) in [6.07, 6.45) is 2.23. The van der Waals surface area contributed by atoms with Crippen LogP contribution in [0.3, 0.4) is 0 Å². The van der Waals surface area contributed by atoms with Crippen LogP contribution in [0.15, 0.2) is 55.1 Å². The molecule has 180 valence electrons. The molecule has 1 amide bonds. The van der Waals surface area contributed by atoms with Crippen molar-refractivity contribution in [3.63, 3.8) is 0 Å². The van der Waals surface area contributed by atoms with E-state index in [1.54, 1.807) is 30.7 Å². The maximum atomic E-state index is 13.2. The number of methoxy groups -OCH3 is 1. The van der Waals surface area contributed by atoms with E-state index in [4.69, 9.17) is 0 Å². The van der Waals surface area contributed by atoms with Gasteiger partial charge in [0.1, 0.15) is 11.4 Å². The van der Waals surface area contributed by atoms with Crippen LogP contribution in [0.5, 0.6) is 5.88 Å². The fourth-order valence-corrected chi connectivity index (χ4v) is 3.41. The third-order valence-corrected chi connectivity index (χ3v) is 5.27. The van der Waals surface area contributed by atoms with Crippen molar-refractivity contribution in [2.75, 3.05) is 12.4 Å². The number of rotatable bonds is 7. The van der Waals surface area contributed by atoms with E-state index in [1.807, 2.05) is 19.1 Å². The smallest absolute Gasteiger partial charge is 0.421 e. The van der Waals surface area contributed by atoms with Crippen LogP contribution in [-0.2, 0) is 23.8 Å². The Morgan fingerprint density at radius 3 is 2.34 bits per heavy atom. The molecule has 0 aliphatic carbocycles. The molecule has 3 aromatic heterocycles. The van der Waals surface area contributed by atoms with Gasteiger partial charge in [-0.2, -0.15) is 18.3 Å². The molecule has 0 aliphatic rings. The van der Waals surface area contributed by atoms with Gasteiger partial charge < -0.3 is 10.1 Å². The number of nitrogens with zero attached hydrogens (tertiary/aromatic N) is 4. The fraction of sp³-hybridized carbons (Fsp3) is 0.208. The van der Waals surface area contributed by atoms with Crippen LogP contribution in [0.25, 0.3) is 11.1 Å². The van der Waals surface area contributed by atoms with E-state index >= 15 is 0 Å². The number of hydrogen-bond acceptors (Lipinski definition) is 6. The second kappa shape index (κ2) is 9.92. The summed E-state index contributed by atoms with van der Waals surface area (Å²) in [7, 11) is 1.10. The average molecular weight is 482 g/mol. The molecule has 0 saturated heterocycles. The van der Waals surface area contributed by atoms with Gasteiger partial charge in [-0.05, 0) is 24.1 Å². The lowest BCUT2D eigenvalue weighted by Gasteiger charge is -2.13. The predicted molar refractivity (Wildman–Crippen MR) is 122 cm³/mol. The summed E-state index contributed by atoms with van der Waals surface area (Å²) >= 11 is 0. The van der Waals surface area contributed by atoms with Crippen molar-refractivity contribution >= 4 is 11.6 Å². The molecule has 0 radical (unpaired) electrons. The summed E-state index contributed by atoms with van der Waals surface area (Å²) in [5.74, 6) is -0.354. The monoisotopic (exact) mass is 482 g/mol. The topological polar surface area (TPSA) is 106 Å². The van der Waals surface area contributed by atoms with E-state index in [1.165, 1.54) is 0 Å². The Kier molecular flexibility index (Phi) is 6.76. The van der Waals surface area contributed by atoms with E-state index in [9.17, 15) is 18.0 Å². The molecule has 35 heavy (non-hydrogen) atoms. The van der Waals surface area contributed by atoms with Crippen molar-refractivity contribution in [1.29, 1.82) is 0 Å². The lowest BCUT2D eigenvalue weighted by atomic mass is 10.0. The predicted octanol–water partition coefficient (Wildman–Crippen LogP) is 4.37. The van der Waals surface area contributed by atoms with Crippen LogP contribution < -0.4 is 10.1 Å². The van der Waals surface area contributed by atoms with Crippen molar-refractivity contribution in [2.24, 2.45) is 0 Å². The maximum Gasteiger partial charge on any atom is 0.421 e. The Hall–Kier alpha value is -4.28. The number of carbonyl (C=O) groups excluding carboxylic acids is 1. The Morgan fingerprint density at radius 2 is 1.74 bits per heavy atom. The Bertz CT molecular complexity index is 1320. The number of aromatic amines is 1. The number of halogens is 3. The molecule has 0 saturated carbocycles. The van der Waals surface area contributed by atoms with E-state index < -0.39 is 23.5 Å². The van der Waals surface area contributed by atoms with E-state index in [0.29, 0.717) is 17.8 Å². The standard InChI is InChI=1S/C24H21F3N6O2/c1-14-17(12-31-33-14)8-21-28-10-18(11-29-21)16-5-3-15(4-6-16)7-22(34)32-19-9-20(24(25,26)27)23(35-2)30-13-19/h3-6,9-13H,7-8H2,1-2H3,(H,31,33)(H,32,34). The third-order valence-electron chi connectivity index (χ3n) is 5.27. The molecule has 1 aromatic carbocycles. The number of ether oxygens (including phenoxy) is 1. The van der Waals surface area contributed by atoms with Crippen molar-refractivity contribution in [3.8, 4) is 17.0 Å². The van der Waals surface area contributed by atoms with Crippen LogP contribution >= 0.6 is 0 Å². The summed E-state index contributed by atoms with van der Waals surface area (Å²) in [5, 5.41) is 9.32. The highest BCUT2D eigenvalue weighted by atomic mass is 19.4. The second-order valence-electron chi connectivity index (χ2n) is 7.79. The first-order chi connectivity index (χ1) is 16.7. The average Bonchev–Trinajstić information content (AvgIpc) is 3.23. The Morgan fingerprint density at radius 1 is 1.03 bits per heavy atom. The minimum absolute atomic E-state index is 0.0207. The number of amides is 1. The summed E-state index contributed by atoms with van der Waals surface area (Å²) in [6, 6.07) is 8.00. The van der Waals surface area contributed by atoms with Crippen LogP contribution in [0.2, 0.25) is 0 Å². The first-order valence-electron chi connectivity index (χ1n) is 10.5. The lowest BCUT2D eigenvalue weighted by Crippen LogP contribution is -2.16. The number of aromatic nitrogens is 5. The van der Waals surface area contributed by atoms with Crippen LogP contribution in [0.1, 0.15) is 28.2 Å². The molecule has 3 heterocycles. The van der Waals surface area contributed by atoms with Crippen molar-refractivity contribution < 1.29 is 22.7 Å². The quantitative estimate of drug-likeness (QED) is 0.405. The lowest BCUT2D eigenvalue weighted by molar-refractivity contribution is -0.139. The number of benzene rings is 1. The maximum absolute atomic E-state index is 13.2. The highest BCUT2D eigenvalue weighted by Gasteiger charge is 2.35. The second-order valence-corrected chi connectivity index (χ2v) is 7.79. The highest BCUT2D eigenvalue weighted by molar-refractivity contribution is 5.92. The molecule has 0 bridgehead atoms. The normalized spacial score (nSPS) is 11.3. The first kappa shape index (κ1) is 23.9. The molecule has 0 atom stereocenters. The number of alkyl halides is 3. The molecular weight excluding hydrogens is 461 g/mol. The zero-order valence-electron chi connectivity index (χ0n) is 18.8. The van der Waals surface area contributed by atoms with Gasteiger partial charge in [-0.1, -0.05) is 24.3 Å². The van der Waals surface area contributed by atoms with Gasteiger partial charge in [0.25, 0.3) is 0 Å². The number of carbonyl (C=O) groups is 1. The van der Waals surface area contributed by atoms with Crippen LogP contribution in [-0.4, -0.2) is 38.2 Å². The van der Waals surface area contributed by atoms with Crippen molar-refractivity contribution in [2.45, 2.75) is 25.9 Å². The third kappa shape index (κ3) is 5.81. The SMILES string of the molecule is COc1ncc(NC(=O)Cc2ccc(-c3cnc(Cc4cn[nH]c4C)nc3)cc2)cc1C(F)(F)F. The summed E-state index contributed by atoms with van der Waals surface area (Å²) in [4.78, 5) is 24.8. The van der Waals surface area contributed by atoms with Gasteiger partial charge in [-0.3, -0.25) is 9.89 Å². The minimum Gasteiger partial charge on any atom is -0.481 e. The number of nitrogens with one attached hydrogen (secondary N) is 2. The van der Waals surface area contributed by atoms with Gasteiger partial charge in [0.15, 0.2) is 0 Å². The molecule has 0 unspecified atom stereocenters. The Balaban J connectivity index is 1.39. The molecule has 4 aromatic rings. The van der Waals surface area contributed by atoms with Gasteiger partial charge in [0.05, 0.1) is 31.6 Å². The number of anilines is 1. The molecule has 4 rings (SSSR count). The van der Waals surface area contributed by atoms with Gasteiger partial charge in [0.2, 0.25) is 11.8 Å². The fourth-order valence-electron chi connectivity index (χ4n) is 3.41. The van der Waals surface area contributed by atoms with Gasteiger partial charge >= 0.3 is 6.18 Å². The number of H-pyrrole nitrogens is 1. The summed E-state index contributed by atoms with van der Waals surface area (Å²) in [6.45, 7) is 1.94.